The van der Waals surface area contributed by atoms with Crippen LogP contribution in [0.2, 0.25) is 0 Å². The van der Waals surface area contributed by atoms with Gasteiger partial charge in [-0.1, -0.05) is 31.3 Å². The van der Waals surface area contributed by atoms with Crippen molar-refractivity contribution in [1.82, 2.24) is 4.31 Å². The number of nitrogens with zero attached hydrogens (tertiary/aromatic N) is 1. The highest BCUT2D eigenvalue weighted by Gasteiger charge is 2.37. The van der Waals surface area contributed by atoms with Crippen molar-refractivity contribution < 1.29 is 12.8 Å². The molecule has 0 aliphatic carbocycles. The summed E-state index contributed by atoms with van der Waals surface area (Å²) < 4.78 is 39.8. The van der Waals surface area contributed by atoms with E-state index in [4.69, 9.17) is 18.0 Å². The second-order valence-electron chi connectivity index (χ2n) is 5.26. The minimum Gasteiger partial charge on any atom is -0.393 e. The van der Waals surface area contributed by atoms with Crippen LogP contribution in [0.15, 0.2) is 29.2 Å². The van der Waals surface area contributed by atoms with Gasteiger partial charge in [0.15, 0.2) is 0 Å². The highest BCUT2D eigenvalue weighted by atomic mass is 32.2. The minimum atomic E-state index is -3.79. The minimum absolute atomic E-state index is 0.279. The van der Waals surface area contributed by atoms with Gasteiger partial charge in [-0.15, -0.1) is 0 Å². The lowest BCUT2D eigenvalue weighted by Gasteiger charge is -2.37. The van der Waals surface area contributed by atoms with Crippen LogP contribution in [-0.4, -0.2) is 30.8 Å². The lowest BCUT2D eigenvalue weighted by molar-refractivity contribution is 0.243. The van der Waals surface area contributed by atoms with Crippen molar-refractivity contribution in [2.45, 2.75) is 24.7 Å². The Hall–Kier alpha value is -1.05. The zero-order valence-electron chi connectivity index (χ0n) is 11.2. The first-order chi connectivity index (χ1) is 9.27. The average Bonchev–Trinajstić information content (AvgIpc) is 2.39. The number of sulfonamides is 1. The van der Waals surface area contributed by atoms with Crippen LogP contribution in [-0.2, 0) is 10.0 Å². The Morgan fingerprint density at radius 3 is 2.40 bits per heavy atom. The van der Waals surface area contributed by atoms with E-state index in [-0.39, 0.29) is 10.3 Å². The summed E-state index contributed by atoms with van der Waals surface area (Å²) in [4.78, 5) is 0.124. The van der Waals surface area contributed by atoms with Gasteiger partial charge in [0, 0.05) is 18.5 Å². The van der Waals surface area contributed by atoms with E-state index in [0.29, 0.717) is 30.9 Å². The molecule has 1 fully saturated rings. The Balaban J connectivity index is 2.22. The number of piperidine rings is 1. The van der Waals surface area contributed by atoms with Crippen LogP contribution in [0.1, 0.15) is 19.8 Å². The lowest BCUT2D eigenvalue weighted by atomic mass is 9.81. The van der Waals surface area contributed by atoms with Crippen LogP contribution in [0, 0.1) is 11.2 Å². The number of benzene rings is 1. The first-order valence-corrected chi connectivity index (χ1v) is 8.17. The van der Waals surface area contributed by atoms with Crippen LogP contribution in [0.5, 0.6) is 0 Å². The number of nitrogens with two attached hydrogens (primary N) is 1. The quantitative estimate of drug-likeness (QED) is 0.865. The molecule has 1 heterocycles. The summed E-state index contributed by atoms with van der Waals surface area (Å²) in [5, 5.41) is 0. The maximum absolute atomic E-state index is 13.7. The molecule has 2 rings (SSSR count). The van der Waals surface area contributed by atoms with Crippen molar-refractivity contribution in [3.8, 4) is 0 Å². The van der Waals surface area contributed by atoms with Crippen molar-refractivity contribution in [3.05, 3.63) is 30.1 Å². The third-order valence-electron chi connectivity index (χ3n) is 3.88. The molecule has 0 unspecified atom stereocenters. The summed E-state index contributed by atoms with van der Waals surface area (Å²) in [7, 11) is -3.79. The van der Waals surface area contributed by atoms with Gasteiger partial charge in [0.25, 0.3) is 0 Å². The average molecular weight is 316 g/mol. The SMILES string of the molecule is CC1(C(N)=S)CCN(S(=O)(=O)c2ccccc2F)CC1. The Kier molecular flexibility index (Phi) is 4.13. The molecule has 0 amide bonds. The molecular formula is C13H17FN2O2S2. The second kappa shape index (κ2) is 5.38. The van der Waals surface area contributed by atoms with E-state index in [9.17, 15) is 12.8 Å². The van der Waals surface area contributed by atoms with E-state index in [1.807, 2.05) is 6.92 Å². The van der Waals surface area contributed by atoms with Gasteiger partial charge in [-0.25, -0.2) is 12.8 Å². The highest BCUT2D eigenvalue weighted by Crippen LogP contribution is 2.33. The monoisotopic (exact) mass is 316 g/mol. The molecule has 1 aliphatic heterocycles. The zero-order valence-corrected chi connectivity index (χ0v) is 12.8. The fourth-order valence-electron chi connectivity index (χ4n) is 2.26. The predicted octanol–water partition coefficient (Wildman–Crippen LogP) is 1.90. The molecule has 1 aliphatic rings. The number of rotatable bonds is 3. The molecule has 0 atom stereocenters. The molecule has 2 N–H and O–H groups in total. The molecule has 4 nitrogen and oxygen atoms in total. The topological polar surface area (TPSA) is 63.4 Å². The number of hydrogen-bond acceptors (Lipinski definition) is 3. The molecule has 0 spiro atoms. The molecule has 0 bridgehead atoms. The van der Waals surface area contributed by atoms with Crippen molar-refractivity contribution >= 4 is 27.2 Å². The molecule has 1 aromatic rings. The van der Waals surface area contributed by atoms with Gasteiger partial charge in [-0.05, 0) is 25.0 Å². The van der Waals surface area contributed by atoms with Gasteiger partial charge in [0.05, 0.1) is 4.99 Å². The predicted molar refractivity (Wildman–Crippen MR) is 79.3 cm³/mol. The van der Waals surface area contributed by atoms with Gasteiger partial charge in [0.2, 0.25) is 10.0 Å². The first-order valence-electron chi connectivity index (χ1n) is 6.32. The molecule has 1 saturated heterocycles. The molecule has 20 heavy (non-hydrogen) atoms. The summed E-state index contributed by atoms with van der Waals surface area (Å²) >= 11 is 5.03. The van der Waals surface area contributed by atoms with Crippen molar-refractivity contribution in [3.63, 3.8) is 0 Å². The third-order valence-corrected chi connectivity index (χ3v) is 6.30. The molecular weight excluding hydrogens is 299 g/mol. The largest absolute Gasteiger partial charge is 0.393 e. The van der Waals surface area contributed by atoms with Crippen molar-refractivity contribution in [2.75, 3.05) is 13.1 Å². The maximum Gasteiger partial charge on any atom is 0.245 e. The van der Waals surface area contributed by atoms with E-state index in [0.717, 1.165) is 6.07 Å². The van der Waals surface area contributed by atoms with Crippen LogP contribution in [0.25, 0.3) is 0 Å². The number of hydrogen-bond donors (Lipinski definition) is 1. The van der Waals surface area contributed by atoms with Crippen LogP contribution < -0.4 is 5.73 Å². The second-order valence-corrected chi connectivity index (χ2v) is 7.61. The molecule has 1 aromatic carbocycles. The fraction of sp³-hybridized carbons (Fsp3) is 0.462. The number of halogens is 1. The Morgan fingerprint density at radius 1 is 1.35 bits per heavy atom. The van der Waals surface area contributed by atoms with Gasteiger partial charge in [0.1, 0.15) is 10.7 Å². The first kappa shape index (κ1) is 15.3. The Bertz CT molecular complexity index is 623. The van der Waals surface area contributed by atoms with E-state index in [2.05, 4.69) is 0 Å². The molecule has 7 heteroatoms. The van der Waals surface area contributed by atoms with Crippen LogP contribution in [0.4, 0.5) is 4.39 Å². The smallest absolute Gasteiger partial charge is 0.245 e. The third kappa shape index (κ3) is 2.70. The standard InChI is InChI=1S/C13H17FN2O2S2/c1-13(12(15)19)6-8-16(9-7-13)20(17,18)11-5-3-2-4-10(11)14/h2-5H,6-9H2,1H3,(H2,15,19). The number of thiocarbonyl (C=S) groups is 1. The van der Waals surface area contributed by atoms with Gasteiger partial charge < -0.3 is 5.73 Å². The summed E-state index contributed by atoms with van der Waals surface area (Å²) in [6.45, 7) is 2.53. The van der Waals surface area contributed by atoms with Crippen molar-refractivity contribution in [2.24, 2.45) is 11.1 Å². The zero-order chi connectivity index (χ0) is 15.0. The Morgan fingerprint density at radius 2 is 1.90 bits per heavy atom. The van der Waals surface area contributed by atoms with E-state index in [1.54, 1.807) is 0 Å². The van der Waals surface area contributed by atoms with E-state index < -0.39 is 15.8 Å². The lowest BCUT2D eigenvalue weighted by Crippen LogP contribution is -2.46. The van der Waals surface area contributed by atoms with E-state index >= 15 is 0 Å². The summed E-state index contributed by atoms with van der Waals surface area (Å²) in [5.41, 5.74) is 5.37. The Labute approximate surface area is 123 Å². The van der Waals surface area contributed by atoms with Crippen molar-refractivity contribution in [1.29, 1.82) is 0 Å². The van der Waals surface area contributed by atoms with E-state index in [1.165, 1.54) is 22.5 Å². The summed E-state index contributed by atoms with van der Waals surface area (Å²) in [5.74, 6) is -0.727. The highest BCUT2D eigenvalue weighted by molar-refractivity contribution is 7.89. The normalized spacial score (nSPS) is 19.7. The summed E-state index contributed by atoms with van der Waals surface area (Å²) in [6.07, 6.45) is 1.10. The van der Waals surface area contributed by atoms with Gasteiger partial charge >= 0.3 is 0 Å². The molecule has 110 valence electrons. The van der Waals surface area contributed by atoms with Crippen LogP contribution in [0.3, 0.4) is 0 Å². The summed E-state index contributed by atoms with van der Waals surface area (Å²) in [6, 6.07) is 5.41. The van der Waals surface area contributed by atoms with Crippen LogP contribution >= 0.6 is 12.2 Å². The fourth-order valence-corrected chi connectivity index (χ4v) is 3.97. The molecule has 0 aromatic heterocycles. The molecule has 0 radical (unpaired) electrons. The van der Waals surface area contributed by atoms with Gasteiger partial charge in [-0.2, -0.15) is 4.31 Å². The van der Waals surface area contributed by atoms with Gasteiger partial charge in [-0.3, -0.25) is 0 Å². The maximum atomic E-state index is 13.7. The molecule has 0 saturated carbocycles.